The lowest BCUT2D eigenvalue weighted by Crippen LogP contribution is -2.15. The van der Waals surface area contributed by atoms with Crippen LogP contribution < -0.4 is 5.32 Å². The third kappa shape index (κ3) is 2.46. The minimum absolute atomic E-state index is 0.770. The number of halogens is 1. The second kappa shape index (κ2) is 5.73. The molecule has 0 fully saturated rings. The lowest BCUT2D eigenvalue weighted by molar-refractivity contribution is 0.712. The molecule has 5 heteroatoms. The predicted molar refractivity (Wildman–Crippen MR) is 83.9 cm³/mol. The molecule has 2 heterocycles. The van der Waals surface area contributed by atoms with Crippen molar-refractivity contribution in [2.75, 3.05) is 6.54 Å². The van der Waals surface area contributed by atoms with Crippen molar-refractivity contribution >= 4 is 26.8 Å². The van der Waals surface area contributed by atoms with Crippen molar-refractivity contribution in [1.82, 2.24) is 20.1 Å². The topological polar surface area (TPSA) is 42.7 Å². The Balaban J connectivity index is 2.13. The highest BCUT2D eigenvalue weighted by Crippen LogP contribution is 2.21. The minimum atomic E-state index is 0.770. The summed E-state index contributed by atoms with van der Waals surface area (Å²) < 4.78 is 2.87. The van der Waals surface area contributed by atoms with Crippen LogP contribution in [0, 0.1) is 0 Å². The van der Waals surface area contributed by atoms with Gasteiger partial charge in [-0.15, -0.1) is 0 Å². The lowest BCUT2D eigenvalue weighted by Gasteiger charge is -2.10. The summed E-state index contributed by atoms with van der Waals surface area (Å²) in [5, 5.41) is 8.93. The Morgan fingerprint density at radius 2 is 2.10 bits per heavy atom. The smallest absolute Gasteiger partial charge is 0.158 e. The van der Waals surface area contributed by atoms with Gasteiger partial charge in [0.15, 0.2) is 5.82 Å². The second-order valence-electron chi connectivity index (χ2n) is 4.53. The van der Waals surface area contributed by atoms with E-state index in [1.165, 1.54) is 0 Å². The van der Waals surface area contributed by atoms with E-state index in [9.17, 15) is 0 Å². The third-order valence-electron chi connectivity index (χ3n) is 3.15. The van der Waals surface area contributed by atoms with E-state index >= 15 is 0 Å². The van der Waals surface area contributed by atoms with Gasteiger partial charge in [0.05, 0.1) is 11.7 Å². The van der Waals surface area contributed by atoms with E-state index in [1.807, 2.05) is 23.0 Å². The molecule has 0 saturated heterocycles. The predicted octanol–water partition coefficient (Wildman–Crippen LogP) is 3.29. The van der Waals surface area contributed by atoms with Gasteiger partial charge >= 0.3 is 0 Å². The molecule has 0 bridgehead atoms. The number of para-hydroxylation sites is 1. The quantitative estimate of drug-likeness (QED) is 0.798. The van der Waals surface area contributed by atoms with Crippen LogP contribution in [-0.2, 0) is 6.54 Å². The van der Waals surface area contributed by atoms with Crippen molar-refractivity contribution in [2.24, 2.45) is 0 Å². The first-order chi connectivity index (χ1) is 9.79. The number of hydrogen-bond acceptors (Lipinski definition) is 3. The first-order valence-corrected chi connectivity index (χ1v) is 7.37. The van der Waals surface area contributed by atoms with Crippen molar-refractivity contribution in [2.45, 2.75) is 13.5 Å². The van der Waals surface area contributed by atoms with Crippen LogP contribution in [0.15, 0.2) is 47.2 Å². The van der Waals surface area contributed by atoms with E-state index in [0.717, 1.165) is 39.8 Å². The Morgan fingerprint density at radius 3 is 2.95 bits per heavy atom. The molecule has 20 heavy (non-hydrogen) atoms. The Labute approximate surface area is 126 Å². The van der Waals surface area contributed by atoms with Gasteiger partial charge in [0.1, 0.15) is 0 Å². The largest absolute Gasteiger partial charge is 0.313 e. The molecule has 4 nitrogen and oxygen atoms in total. The molecule has 0 radical (unpaired) electrons. The van der Waals surface area contributed by atoms with E-state index in [0.29, 0.717) is 0 Å². The molecular weight excluding hydrogens is 316 g/mol. The Morgan fingerprint density at radius 1 is 1.25 bits per heavy atom. The number of aromatic nitrogens is 3. The van der Waals surface area contributed by atoms with Crippen LogP contribution in [0.3, 0.4) is 0 Å². The minimum Gasteiger partial charge on any atom is -0.313 e. The summed E-state index contributed by atoms with van der Waals surface area (Å²) in [6.45, 7) is 3.78. The fourth-order valence-corrected chi connectivity index (χ4v) is 2.57. The average Bonchev–Trinajstić information content (AvgIpc) is 2.89. The molecule has 3 aromatic rings. The summed E-state index contributed by atoms with van der Waals surface area (Å²) in [7, 11) is 0. The molecule has 0 amide bonds. The summed E-state index contributed by atoms with van der Waals surface area (Å²) in [6.07, 6.45) is 3.68. The number of nitrogens with zero attached hydrogens (tertiary/aromatic N) is 3. The fraction of sp³-hybridized carbons (Fsp3) is 0.200. The average molecular weight is 331 g/mol. The van der Waals surface area contributed by atoms with Crippen molar-refractivity contribution in [1.29, 1.82) is 0 Å². The van der Waals surface area contributed by atoms with Crippen molar-refractivity contribution in [3.63, 3.8) is 0 Å². The molecule has 0 aliphatic rings. The van der Waals surface area contributed by atoms with E-state index in [-0.39, 0.29) is 0 Å². The normalized spacial score (nSPS) is 11.1. The molecule has 1 N–H and O–H groups in total. The Bertz CT molecular complexity index is 736. The highest BCUT2D eigenvalue weighted by Gasteiger charge is 2.10. The number of rotatable bonds is 4. The van der Waals surface area contributed by atoms with Gasteiger partial charge in [-0.1, -0.05) is 25.1 Å². The monoisotopic (exact) mass is 330 g/mol. The maximum Gasteiger partial charge on any atom is 0.158 e. The third-order valence-corrected chi connectivity index (χ3v) is 3.59. The van der Waals surface area contributed by atoms with Crippen LogP contribution in [0.2, 0.25) is 0 Å². The number of nitrogens with one attached hydrogen (secondary N) is 1. The van der Waals surface area contributed by atoms with Crippen LogP contribution in [-0.4, -0.2) is 21.3 Å². The van der Waals surface area contributed by atoms with E-state index in [1.54, 1.807) is 6.20 Å². The van der Waals surface area contributed by atoms with Gasteiger partial charge in [-0.2, -0.15) is 5.10 Å². The van der Waals surface area contributed by atoms with Crippen LogP contribution >= 0.6 is 15.9 Å². The fourth-order valence-electron chi connectivity index (χ4n) is 2.19. The first-order valence-electron chi connectivity index (χ1n) is 6.58. The Kier molecular flexibility index (Phi) is 3.80. The van der Waals surface area contributed by atoms with Crippen LogP contribution in [0.5, 0.6) is 0 Å². The number of hydrogen-bond donors (Lipinski definition) is 1. The number of pyridine rings is 1. The summed E-state index contributed by atoms with van der Waals surface area (Å²) in [6, 6.07) is 10.2. The van der Waals surface area contributed by atoms with E-state index in [4.69, 9.17) is 0 Å². The summed E-state index contributed by atoms with van der Waals surface area (Å²) in [4.78, 5) is 4.54. The molecule has 2 aromatic heterocycles. The van der Waals surface area contributed by atoms with Gasteiger partial charge in [0.25, 0.3) is 0 Å². The zero-order valence-electron chi connectivity index (χ0n) is 11.2. The molecule has 1 aromatic carbocycles. The van der Waals surface area contributed by atoms with Crippen molar-refractivity contribution in [3.8, 4) is 5.82 Å². The second-order valence-corrected chi connectivity index (χ2v) is 5.45. The maximum absolute atomic E-state index is 4.54. The molecular formula is C15H15BrN4. The molecule has 102 valence electrons. The molecule has 0 aliphatic carbocycles. The van der Waals surface area contributed by atoms with Gasteiger partial charge in [0.2, 0.25) is 0 Å². The van der Waals surface area contributed by atoms with Gasteiger partial charge in [-0.3, -0.25) is 0 Å². The van der Waals surface area contributed by atoms with Crippen LogP contribution in [0.25, 0.3) is 16.7 Å². The molecule has 0 aliphatic heterocycles. The zero-order valence-corrected chi connectivity index (χ0v) is 12.8. The first kappa shape index (κ1) is 13.3. The van der Waals surface area contributed by atoms with E-state index < -0.39 is 0 Å². The van der Waals surface area contributed by atoms with E-state index in [2.05, 4.69) is 56.5 Å². The molecule has 0 atom stereocenters. The molecule has 0 saturated carbocycles. The zero-order chi connectivity index (χ0) is 13.9. The SMILES string of the molecule is CCNCc1cc(Br)cnc1-n1ncc2ccccc21. The highest BCUT2D eigenvalue weighted by molar-refractivity contribution is 9.10. The summed E-state index contributed by atoms with van der Waals surface area (Å²) >= 11 is 3.48. The van der Waals surface area contributed by atoms with Crippen LogP contribution in [0.4, 0.5) is 0 Å². The molecule has 0 spiro atoms. The van der Waals surface area contributed by atoms with Crippen molar-refractivity contribution in [3.05, 3.63) is 52.8 Å². The molecule has 3 rings (SSSR count). The maximum atomic E-state index is 4.54. The lowest BCUT2D eigenvalue weighted by atomic mass is 10.2. The van der Waals surface area contributed by atoms with Crippen LogP contribution in [0.1, 0.15) is 12.5 Å². The van der Waals surface area contributed by atoms with Crippen molar-refractivity contribution < 1.29 is 0 Å². The summed E-state index contributed by atoms with van der Waals surface area (Å²) in [5.41, 5.74) is 2.19. The van der Waals surface area contributed by atoms with Gasteiger partial charge in [-0.05, 0) is 34.6 Å². The number of fused-ring (bicyclic) bond motifs is 1. The highest BCUT2D eigenvalue weighted by atomic mass is 79.9. The van der Waals surface area contributed by atoms with Gasteiger partial charge in [0, 0.05) is 28.2 Å². The Hall–Kier alpha value is -1.72. The summed E-state index contributed by atoms with van der Waals surface area (Å²) in [5.74, 6) is 0.871. The molecule has 0 unspecified atom stereocenters. The number of benzene rings is 1. The standard InChI is InChI=1S/C15H15BrN4/c1-2-17-8-12-7-13(16)10-18-15(12)20-14-6-4-3-5-11(14)9-19-20/h3-7,9-10,17H,2,8H2,1H3. The van der Waals surface area contributed by atoms with Gasteiger partial charge < -0.3 is 5.32 Å². The van der Waals surface area contributed by atoms with Gasteiger partial charge in [-0.25, -0.2) is 9.67 Å².